The lowest BCUT2D eigenvalue weighted by Gasteiger charge is -2.08. The van der Waals surface area contributed by atoms with Crippen LogP contribution in [0.5, 0.6) is 0 Å². The van der Waals surface area contributed by atoms with E-state index in [-0.39, 0.29) is 5.91 Å². The van der Waals surface area contributed by atoms with Crippen LogP contribution in [0.1, 0.15) is 45.7 Å². The lowest BCUT2D eigenvalue weighted by atomic mass is 10.1. The summed E-state index contributed by atoms with van der Waals surface area (Å²) in [4.78, 5) is 10.8. The van der Waals surface area contributed by atoms with Crippen LogP contribution in [0.2, 0.25) is 0 Å². The molecule has 1 aliphatic rings. The zero-order chi connectivity index (χ0) is 13.3. The number of nitrogens with one attached hydrogen (secondary N) is 1. The number of amides is 1. The van der Waals surface area contributed by atoms with E-state index in [1.807, 2.05) is 27.7 Å². The summed E-state index contributed by atoms with van der Waals surface area (Å²) >= 11 is 0. The maximum atomic E-state index is 10.8. The van der Waals surface area contributed by atoms with Crippen molar-refractivity contribution >= 4 is 5.91 Å². The molecule has 0 heterocycles. The summed E-state index contributed by atoms with van der Waals surface area (Å²) in [6, 6.07) is 8.69. The summed E-state index contributed by atoms with van der Waals surface area (Å²) in [6.07, 6.45) is 1.96. The Bertz CT molecular complexity index is 308. The lowest BCUT2D eigenvalue weighted by Crippen LogP contribution is -2.33. The van der Waals surface area contributed by atoms with Gasteiger partial charge in [0.15, 0.2) is 0 Å². The Kier molecular flexibility index (Phi) is 8.12. The van der Waals surface area contributed by atoms with Gasteiger partial charge in [0.05, 0.1) is 0 Å². The van der Waals surface area contributed by atoms with Crippen LogP contribution in [0.4, 0.5) is 0 Å². The summed E-state index contributed by atoms with van der Waals surface area (Å²) in [7, 11) is 0. The van der Waals surface area contributed by atoms with Gasteiger partial charge in [-0.3, -0.25) is 4.79 Å². The van der Waals surface area contributed by atoms with E-state index in [2.05, 4.69) is 29.6 Å². The van der Waals surface area contributed by atoms with Crippen molar-refractivity contribution in [3.63, 3.8) is 0 Å². The Morgan fingerprint density at radius 3 is 1.82 bits per heavy atom. The molecule has 0 saturated heterocycles. The van der Waals surface area contributed by atoms with Crippen molar-refractivity contribution in [3.05, 3.63) is 35.4 Å². The van der Waals surface area contributed by atoms with Crippen molar-refractivity contribution in [3.8, 4) is 0 Å². The molecule has 2 rings (SSSR count). The van der Waals surface area contributed by atoms with Crippen molar-refractivity contribution in [2.24, 2.45) is 0 Å². The summed E-state index contributed by atoms with van der Waals surface area (Å²) in [5.74, 6) is 0.0674. The number of hydrogen-bond donors (Lipinski definition) is 1. The third-order valence-electron chi connectivity index (χ3n) is 2.46. The number of carbonyl (C=O) groups excluding carboxylic acids is 1. The van der Waals surface area contributed by atoms with Gasteiger partial charge in [0.25, 0.3) is 0 Å². The first kappa shape index (κ1) is 15.7. The molecule has 1 N–H and O–H groups in total. The fourth-order valence-corrected chi connectivity index (χ4v) is 1.95. The Hall–Kier alpha value is -1.31. The molecule has 0 bridgehead atoms. The fraction of sp³-hybridized carbons (Fsp3) is 0.533. The van der Waals surface area contributed by atoms with Crippen molar-refractivity contribution < 1.29 is 4.79 Å². The van der Waals surface area contributed by atoms with Crippen LogP contribution < -0.4 is 5.32 Å². The largest absolute Gasteiger partial charge is 0.353 e. The maximum Gasteiger partial charge on any atom is 0.217 e. The van der Waals surface area contributed by atoms with Crippen LogP contribution >= 0.6 is 0 Å². The molecule has 0 radical (unpaired) electrons. The first-order chi connectivity index (χ1) is 8.25. The molecular formula is C15H25NO. The molecule has 1 aromatic rings. The monoisotopic (exact) mass is 235 g/mol. The Morgan fingerprint density at radius 1 is 1.06 bits per heavy atom. The summed E-state index contributed by atoms with van der Waals surface area (Å²) < 4.78 is 0. The van der Waals surface area contributed by atoms with Gasteiger partial charge < -0.3 is 5.32 Å². The van der Waals surface area contributed by atoms with Gasteiger partial charge >= 0.3 is 0 Å². The Labute approximate surface area is 105 Å². The smallest absolute Gasteiger partial charge is 0.217 e. The van der Waals surface area contributed by atoms with Crippen LogP contribution in [-0.4, -0.2) is 11.9 Å². The van der Waals surface area contributed by atoms with E-state index in [0.29, 0.717) is 6.04 Å². The van der Waals surface area contributed by atoms with Gasteiger partial charge in [-0.2, -0.15) is 0 Å². The van der Waals surface area contributed by atoms with Gasteiger partial charge in [-0.15, -0.1) is 0 Å². The second-order valence-electron chi connectivity index (χ2n) is 3.57. The van der Waals surface area contributed by atoms with Gasteiger partial charge in [0, 0.05) is 13.0 Å². The predicted octanol–water partition coefficient (Wildman–Crippen LogP) is 3.34. The van der Waals surface area contributed by atoms with Crippen molar-refractivity contribution in [2.45, 2.75) is 53.5 Å². The second-order valence-corrected chi connectivity index (χ2v) is 3.57. The Balaban J connectivity index is 0.000000581. The highest BCUT2D eigenvalue weighted by Crippen LogP contribution is 2.21. The zero-order valence-electron chi connectivity index (χ0n) is 11.7. The fourth-order valence-electron chi connectivity index (χ4n) is 1.95. The molecule has 1 aliphatic carbocycles. The third-order valence-corrected chi connectivity index (χ3v) is 2.46. The molecular weight excluding hydrogens is 210 g/mol. The second kappa shape index (κ2) is 8.80. The highest BCUT2D eigenvalue weighted by Gasteiger charge is 2.20. The van der Waals surface area contributed by atoms with E-state index in [1.54, 1.807) is 6.92 Å². The molecule has 2 nitrogen and oxygen atoms in total. The van der Waals surface area contributed by atoms with Crippen molar-refractivity contribution in [1.82, 2.24) is 5.32 Å². The number of fused-ring (bicyclic) bond motifs is 1. The van der Waals surface area contributed by atoms with E-state index < -0.39 is 0 Å². The summed E-state index contributed by atoms with van der Waals surface area (Å²) in [6.45, 7) is 9.57. The van der Waals surface area contributed by atoms with Crippen molar-refractivity contribution in [1.29, 1.82) is 0 Å². The SMILES string of the molecule is CC.CC.CC(=O)NC1Cc2ccccc2C1. The highest BCUT2D eigenvalue weighted by molar-refractivity contribution is 5.73. The average Bonchev–Trinajstić information content (AvgIpc) is 2.75. The third kappa shape index (κ3) is 5.03. The molecule has 0 fully saturated rings. The van der Waals surface area contributed by atoms with Gasteiger partial charge in [-0.1, -0.05) is 52.0 Å². The van der Waals surface area contributed by atoms with Crippen LogP contribution in [0, 0.1) is 0 Å². The van der Waals surface area contributed by atoms with Crippen LogP contribution in [-0.2, 0) is 17.6 Å². The Morgan fingerprint density at radius 2 is 1.47 bits per heavy atom. The van der Waals surface area contributed by atoms with E-state index in [4.69, 9.17) is 0 Å². The quantitative estimate of drug-likeness (QED) is 0.794. The van der Waals surface area contributed by atoms with E-state index in [0.717, 1.165) is 12.8 Å². The average molecular weight is 235 g/mol. The molecule has 96 valence electrons. The van der Waals surface area contributed by atoms with Crippen LogP contribution in [0.15, 0.2) is 24.3 Å². The maximum absolute atomic E-state index is 10.8. The zero-order valence-corrected chi connectivity index (χ0v) is 11.7. The molecule has 0 saturated carbocycles. The number of carbonyl (C=O) groups is 1. The number of rotatable bonds is 1. The molecule has 17 heavy (non-hydrogen) atoms. The topological polar surface area (TPSA) is 29.1 Å². The lowest BCUT2D eigenvalue weighted by molar-refractivity contribution is -0.119. The summed E-state index contributed by atoms with van der Waals surface area (Å²) in [5.41, 5.74) is 2.75. The minimum Gasteiger partial charge on any atom is -0.353 e. The highest BCUT2D eigenvalue weighted by atomic mass is 16.1. The molecule has 1 aromatic carbocycles. The minimum atomic E-state index is 0.0674. The summed E-state index contributed by atoms with van der Waals surface area (Å²) in [5, 5.41) is 2.95. The molecule has 0 spiro atoms. The molecule has 2 heteroatoms. The molecule has 0 aromatic heterocycles. The molecule has 0 unspecified atom stereocenters. The molecule has 0 aliphatic heterocycles. The predicted molar refractivity (Wildman–Crippen MR) is 74.2 cm³/mol. The van der Waals surface area contributed by atoms with Gasteiger partial charge in [-0.05, 0) is 24.0 Å². The van der Waals surface area contributed by atoms with E-state index >= 15 is 0 Å². The van der Waals surface area contributed by atoms with E-state index in [1.165, 1.54) is 11.1 Å². The van der Waals surface area contributed by atoms with Crippen LogP contribution in [0.3, 0.4) is 0 Å². The van der Waals surface area contributed by atoms with E-state index in [9.17, 15) is 4.79 Å². The normalized spacial score (nSPS) is 12.5. The number of hydrogen-bond acceptors (Lipinski definition) is 1. The van der Waals surface area contributed by atoms with Crippen LogP contribution in [0.25, 0.3) is 0 Å². The molecule has 0 atom stereocenters. The first-order valence-electron chi connectivity index (χ1n) is 6.59. The van der Waals surface area contributed by atoms with Gasteiger partial charge in [0.1, 0.15) is 0 Å². The standard InChI is InChI=1S/C11H13NO.2C2H6/c1-8(13)12-11-6-9-4-2-3-5-10(9)7-11;2*1-2/h2-5,11H,6-7H2,1H3,(H,12,13);2*1-2H3. The van der Waals surface area contributed by atoms with Crippen molar-refractivity contribution in [2.75, 3.05) is 0 Å². The minimum absolute atomic E-state index is 0.0674. The van der Waals surface area contributed by atoms with Gasteiger partial charge in [-0.25, -0.2) is 0 Å². The molecule has 1 amide bonds. The number of benzene rings is 1. The first-order valence-corrected chi connectivity index (χ1v) is 6.59. The van der Waals surface area contributed by atoms with Gasteiger partial charge in [0.2, 0.25) is 5.91 Å².